The molecule has 0 spiro atoms. The van der Waals surface area contributed by atoms with Crippen LogP contribution in [0.1, 0.15) is 13.8 Å². The van der Waals surface area contributed by atoms with E-state index in [1.54, 1.807) is 17.8 Å². The number of para-hydroxylation sites is 4. The Morgan fingerprint density at radius 1 is 0.722 bits per heavy atom. The van der Waals surface area contributed by atoms with E-state index in [0.717, 1.165) is 33.0 Å². The number of hydrogen-bond donors (Lipinski definition) is 1. The quantitative estimate of drug-likeness (QED) is 0.197. The zero-order chi connectivity index (χ0) is 24.6. The molecule has 0 aliphatic rings. The van der Waals surface area contributed by atoms with Gasteiger partial charge in [-0.15, -0.1) is 11.8 Å². The van der Waals surface area contributed by atoms with Crippen LogP contribution in [-0.2, 0) is 0 Å². The Balaban J connectivity index is 1.69. The van der Waals surface area contributed by atoms with Crippen molar-refractivity contribution >= 4 is 33.6 Å². The molecule has 0 atom stereocenters. The first-order valence-corrected chi connectivity index (χ1v) is 12.9. The molecule has 4 aromatic carbocycles. The van der Waals surface area contributed by atoms with Crippen molar-refractivity contribution < 1.29 is 5.11 Å². The van der Waals surface area contributed by atoms with Gasteiger partial charge in [-0.1, -0.05) is 80.6 Å². The van der Waals surface area contributed by atoms with Crippen LogP contribution in [0.3, 0.4) is 0 Å². The van der Waals surface area contributed by atoms with E-state index in [0.29, 0.717) is 16.6 Å². The molecule has 0 saturated carbocycles. The molecular weight excluding hydrogens is 462 g/mol. The van der Waals surface area contributed by atoms with Gasteiger partial charge in [-0.05, 0) is 36.4 Å². The third-order valence-electron chi connectivity index (χ3n) is 6.19. The lowest BCUT2D eigenvalue weighted by Gasteiger charge is -2.14. The summed E-state index contributed by atoms with van der Waals surface area (Å²) in [6.45, 7) is 4.31. The number of phenolic OH excluding ortho intramolecular Hbond substituents is 1. The third kappa shape index (κ3) is 3.91. The predicted octanol–water partition coefficient (Wildman–Crippen LogP) is 8.11. The number of thioether (sulfide) groups is 1. The lowest BCUT2D eigenvalue weighted by Crippen LogP contribution is -1.99. The van der Waals surface area contributed by atoms with E-state index in [1.807, 2.05) is 24.3 Å². The third-order valence-corrected chi connectivity index (χ3v) is 7.11. The Labute approximate surface area is 214 Å². The average molecular weight is 488 g/mol. The van der Waals surface area contributed by atoms with Crippen molar-refractivity contribution in [3.63, 3.8) is 0 Å². The van der Waals surface area contributed by atoms with Crippen molar-refractivity contribution in [1.82, 2.24) is 14.5 Å². The van der Waals surface area contributed by atoms with Gasteiger partial charge in [0.05, 0.1) is 22.3 Å². The van der Waals surface area contributed by atoms with E-state index in [-0.39, 0.29) is 5.75 Å². The van der Waals surface area contributed by atoms with Crippen molar-refractivity contribution in [1.29, 1.82) is 0 Å². The molecule has 2 heterocycles. The molecule has 0 saturated heterocycles. The van der Waals surface area contributed by atoms with Crippen molar-refractivity contribution in [2.45, 2.75) is 24.1 Å². The van der Waals surface area contributed by atoms with Crippen molar-refractivity contribution in [2.75, 3.05) is 0 Å². The molecule has 0 bridgehead atoms. The van der Waals surface area contributed by atoms with Gasteiger partial charge in [0, 0.05) is 27.3 Å². The topological polar surface area (TPSA) is 50.9 Å². The summed E-state index contributed by atoms with van der Waals surface area (Å²) in [5.74, 6) is 0.694. The molecule has 0 unspecified atom stereocenters. The molecule has 6 rings (SSSR count). The Bertz CT molecular complexity index is 1710. The van der Waals surface area contributed by atoms with Gasteiger partial charge in [-0.2, -0.15) is 0 Å². The van der Waals surface area contributed by atoms with Gasteiger partial charge in [0.15, 0.2) is 5.82 Å². The van der Waals surface area contributed by atoms with E-state index < -0.39 is 0 Å². The first-order valence-electron chi connectivity index (χ1n) is 12.0. The molecular formula is C31H25N3OS. The van der Waals surface area contributed by atoms with Crippen LogP contribution in [-0.4, -0.2) is 24.9 Å². The highest BCUT2D eigenvalue weighted by molar-refractivity contribution is 7.99. The van der Waals surface area contributed by atoms with E-state index in [9.17, 15) is 5.11 Å². The Morgan fingerprint density at radius 3 is 2.22 bits per heavy atom. The molecule has 0 aliphatic carbocycles. The van der Waals surface area contributed by atoms with Crippen LogP contribution in [0.2, 0.25) is 0 Å². The monoisotopic (exact) mass is 487 g/mol. The summed E-state index contributed by atoms with van der Waals surface area (Å²) in [6, 6.07) is 34.7. The van der Waals surface area contributed by atoms with E-state index in [4.69, 9.17) is 9.97 Å². The van der Waals surface area contributed by atoms with Gasteiger partial charge < -0.3 is 9.67 Å². The summed E-state index contributed by atoms with van der Waals surface area (Å²) in [4.78, 5) is 9.82. The Kier molecular flexibility index (Phi) is 5.70. The fraction of sp³-hybridized carbons (Fsp3) is 0.0968. The number of benzene rings is 4. The highest BCUT2D eigenvalue weighted by atomic mass is 32.2. The maximum atomic E-state index is 10.6. The standard InChI is InChI=1S/C31H25N3OS/c1-20(2)36-29-19-26(32-31(33-29)25-14-7-9-18-28(25)35)24-16-10-15-23-22-13-6-8-17-27(22)34(30(23)24)21-11-4-3-5-12-21/h3-20,35H,1-2H3. The van der Waals surface area contributed by atoms with Crippen LogP contribution in [0.25, 0.3) is 50.1 Å². The molecule has 0 radical (unpaired) electrons. The van der Waals surface area contributed by atoms with E-state index in [2.05, 4.69) is 91.2 Å². The number of aromatic hydroxyl groups is 1. The lowest BCUT2D eigenvalue weighted by molar-refractivity contribution is 0.477. The maximum absolute atomic E-state index is 10.6. The normalized spacial score (nSPS) is 11.5. The zero-order valence-electron chi connectivity index (χ0n) is 20.1. The maximum Gasteiger partial charge on any atom is 0.164 e. The summed E-state index contributed by atoms with van der Waals surface area (Å²) in [5, 5.41) is 14.2. The van der Waals surface area contributed by atoms with Gasteiger partial charge >= 0.3 is 0 Å². The summed E-state index contributed by atoms with van der Waals surface area (Å²) in [5.41, 5.74) is 5.84. The molecule has 36 heavy (non-hydrogen) atoms. The fourth-order valence-electron chi connectivity index (χ4n) is 4.72. The second kappa shape index (κ2) is 9.17. The minimum atomic E-state index is 0.173. The van der Waals surface area contributed by atoms with E-state index in [1.165, 1.54) is 10.8 Å². The number of phenols is 1. The lowest BCUT2D eigenvalue weighted by atomic mass is 10.1. The fourth-order valence-corrected chi connectivity index (χ4v) is 5.52. The molecule has 4 nitrogen and oxygen atoms in total. The minimum Gasteiger partial charge on any atom is -0.507 e. The second-order valence-electron chi connectivity index (χ2n) is 8.99. The molecule has 176 valence electrons. The molecule has 5 heteroatoms. The van der Waals surface area contributed by atoms with Crippen molar-refractivity contribution in [3.8, 4) is 34.1 Å². The number of rotatable bonds is 5. The van der Waals surface area contributed by atoms with Crippen molar-refractivity contribution in [3.05, 3.63) is 103 Å². The van der Waals surface area contributed by atoms with Crippen molar-refractivity contribution in [2.24, 2.45) is 0 Å². The number of hydrogen-bond acceptors (Lipinski definition) is 4. The second-order valence-corrected chi connectivity index (χ2v) is 10.6. The van der Waals surface area contributed by atoms with Crippen LogP contribution in [0, 0.1) is 0 Å². The van der Waals surface area contributed by atoms with Gasteiger partial charge in [0.1, 0.15) is 10.8 Å². The zero-order valence-corrected chi connectivity index (χ0v) is 20.9. The largest absolute Gasteiger partial charge is 0.507 e. The molecule has 0 amide bonds. The number of aromatic nitrogens is 3. The predicted molar refractivity (Wildman–Crippen MR) is 150 cm³/mol. The molecule has 2 aromatic heterocycles. The molecule has 6 aromatic rings. The molecule has 0 aliphatic heterocycles. The Morgan fingerprint density at radius 2 is 1.42 bits per heavy atom. The molecule has 0 fully saturated rings. The average Bonchev–Trinajstić information content (AvgIpc) is 3.23. The summed E-state index contributed by atoms with van der Waals surface area (Å²) in [6.07, 6.45) is 0. The number of nitrogens with zero attached hydrogens (tertiary/aromatic N) is 3. The van der Waals surface area contributed by atoms with Gasteiger partial charge in [0.25, 0.3) is 0 Å². The van der Waals surface area contributed by atoms with Crippen LogP contribution >= 0.6 is 11.8 Å². The van der Waals surface area contributed by atoms with Crippen LogP contribution in [0.4, 0.5) is 0 Å². The summed E-state index contributed by atoms with van der Waals surface area (Å²) >= 11 is 1.69. The number of fused-ring (bicyclic) bond motifs is 3. The first-order chi connectivity index (χ1) is 17.6. The highest BCUT2D eigenvalue weighted by Crippen LogP contribution is 2.39. The summed E-state index contributed by atoms with van der Waals surface area (Å²) < 4.78 is 2.32. The SMILES string of the molecule is CC(C)Sc1cc(-c2cccc3c4ccccc4n(-c4ccccc4)c23)nc(-c2ccccc2O)n1. The molecule has 1 N–H and O–H groups in total. The smallest absolute Gasteiger partial charge is 0.164 e. The minimum absolute atomic E-state index is 0.173. The van der Waals surface area contributed by atoms with Gasteiger partial charge in [-0.25, -0.2) is 9.97 Å². The van der Waals surface area contributed by atoms with E-state index >= 15 is 0 Å². The van der Waals surface area contributed by atoms with Crippen LogP contribution in [0.5, 0.6) is 5.75 Å². The van der Waals surface area contributed by atoms with Gasteiger partial charge in [-0.3, -0.25) is 0 Å². The first kappa shape index (κ1) is 22.4. The van der Waals surface area contributed by atoms with Gasteiger partial charge in [0.2, 0.25) is 0 Å². The Hall–Kier alpha value is -4.09. The highest BCUT2D eigenvalue weighted by Gasteiger charge is 2.19. The van der Waals surface area contributed by atoms with Crippen LogP contribution < -0.4 is 0 Å². The summed E-state index contributed by atoms with van der Waals surface area (Å²) in [7, 11) is 0. The van der Waals surface area contributed by atoms with Crippen LogP contribution in [0.15, 0.2) is 108 Å².